The molecule has 2 heteroatoms. The fourth-order valence-corrected chi connectivity index (χ4v) is 7.71. The first-order chi connectivity index (χ1) is 23.3. The first-order valence-corrected chi connectivity index (χ1v) is 16.1. The summed E-state index contributed by atoms with van der Waals surface area (Å²) in [5.41, 5.74) is 10.8. The van der Waals surface area contributed by atoms with Crippen LogP contribution in [0.4, 0.5) is 0 Å². The van der Waals surface area contributed by atoms with E-state index in [9.17, 15) is 0 Å². The Morgan fingerprint density at radius 1 is 0.383 bits per heavy atom. The molecule has 0 amide bonds. The Bertz CT molecular complexity index is 2700. The Hall–Kier alpha value is -6.25. The molecule has 47 heavy (non-hydrogen) atoms. The van der Waals surface area contributed by atoms with Gasteiger partial charge < -0.3 is 4.57 Å². The fourth-order valence-electron chi connectivity index (χ4n) is 7.71. The average molecular weight is 597 g/mol. The van der Waals surface area contributed by atoms with Gasteiger partial charge in [0.25, 0.3) is 0 Å². The van der Waals surface area contributed by atoms with Crippen molar-refractivity contribution in [3.8, 4) is 39.1 Å². The van der Waals surface area contributed by atoms with E-state index in [2.05, 4.69) is 167 Å². The molecule has 0 N–H and O–H groups in total. The number of pyridine rings is 1. The standard InChI is InChI=1S/C45H28N2/c1-4-10-29(11-5-1)33-24-34(30-12-6-2-7-13-30)26-35(25-33)37-19-16-31-17-21-40-44-32(18-20-38(37)43(31)44)27-41-45(40)39-22-23-46-28-42(39)47(41)36-14-8-3-9-15-36/h1-28H. The molecule has 0 unspecified atom stereocenters. The second-order valence-electron chi connectivity index (χ2n) is 12.4. The monoisotopic (exact) mass is 596 g/mol. The number of benzene rings is 8. The molecule has 0 saturated heterocycles. The predicted octanol–water partition coefficient (Wildman–Crippen LogP) is 12.1. The number of fused-ring (bicyclic) bond motifs is 4. The van der Waals surface area contributed by atoms with Gasteiger partial charge in [-0.1, -0.05) is 115 Å². The predicted molar refractivity (Wildman–Crippen MR) is 199 cm³/mol. The summed E-state index contributed by atoms with van der Waals surface area (Å²) < 4.78 is 2.36. The second kappa shape index (κ2) is 10.1. The van der Waals surface area contributed by atoms with E-state index in [1.807, 2.05) is 12.4 Å². The highest BCUT2D eigenvalue weighted by Gasteiger charge is 2.20. The molecule has 10 aromatic rings. The lowest BCUT2D eigenvalue weighted by Crippen LogP contribution is -1.94. The first-order valence-electron chi connectivity index (χ1n) is 16.1. The van der Waals surface area contributed by atoms with Crippen LogP contribution in [0.1, 0.15) is 0 Å². The van der Waals surface area contributed by atoms with Gasteiger partial charge in [0.1, 0.15) is 0 Å². The van der Waals surface area contributed by atoms with Gasteiger partial charge >= 0.3 is 0 Å². The lowest BCUT2D eigenvalue weighted by atomic mass is 9.87. The largest absolute Gasteiger partial charge is 0.308 e. The summed E-state index contributed by atoms with van der Waals surface area (Å²) in [6, 6.07) is 57.5. The van der Waals surface area contributed by atoms with Gasteiger partial charge in [0.2, 0.25) is 0 Å². The van der Waals surface area contributed by atoms with E-state index in [0.29, 0.717) is 0 Å². The molecule has 2 heterocycles. The number of rotatable bonds is 4. The Balaban J connectivity index is 1.28. The van der Waals surface area contributed by atoms with E-state index in [-0.39, 0.29) is 0 Å². The summed E-state index contributed by atoms with van der Waals surface area (Å²) in [6.45, 7) is 0. The van der Waals surface area contributed by atoms with E-state index in [4.69, 9.17) is 0 Å². The molecule has 0 aliphatic carbocycles. The smallest absolute Gasteiger partial charge is 0.0724 e. The van der Waals surface area contributed by atoms with Crippen molar-refractivity contribution in [1.29, 1.82) is 0 Å². The summed E-state index contributed by atoms with van der Waals surface area (Å²) in [5, 5.41) is 10.2. The molecule has 0 radical (unpaired) electrons. The minimum absolute atomic E-state index is 1.12. The van der Waals surface area contributed by atoms with Gasteiger partial charge in [-0.05, 0) is 108 Å². The lowest BCUT2D eigenvalue weighted by molar-refractivity contribution is 1.17. The Morgan fingerprint density at radius 3 is 1.70 bits per heavy atom. The van der Waals surface area contributed by atoms with Crippen molar-refractivity contribution in [3.63, 3.8) is 0 Å². The third-order valence-corrected chi connectivity index (χ3v) is 9.79. The van der Waals surface area contributed by atoms with Crippen molar-refractivity contribution >= 4 is 54.1 Å². The van der Waals surface area contributed by atoms with Gasteiger partial charge in [-0.15, -0.1) is 0 Å². The summed E-state index contributed by atoms with van der Waals surface area (Å²) in [4.78, 5) is 4.55. The molecule has 0 atom stereocenters. The average Bonchev–Trinajstić information content (AvgIpc) is 3.48. The summed E-state index contributed by atoms with van der Waals surface area (Å²) >= 11 is 0. The van der Waals surface area contributed by atoms with Crippen molar-refractivity contribution in [2.75, 3.05) is 0 Å². The zero-order valence-electron chi connectivity index (χ0n) is 25.6. The summed E-state index contributed by atoms with van der Waals surface area (Å²) in [7, 11) is 0. The minimum Gasteiger partial charge on any atom is -0.308 e. The Kier molecular flexibility index (Phi) is 5.61. The topological polar surface area (TPSA) is 17.8 Å². The van der Waals surface area contributed by atoms with Crippen molar-refractivity contribution in [2.24, 2.45) is 0 Å². The van der Waals surface area contributed by atoms with Crippen LogP contribution >= 0.6 is 0 Å². The zero-order valence-corrected chi connectivity index (χ0v) is 25.6. The maximum atomic E-state index is 4.55. The van der Waals surface area contributed by atoms with Crippen LogP contribution in [-0.2, 0) is 0 Å². The molecule has 0 bridgehead atoms. The molecular formula is C45H28N2. The van der Waals surface area contributed by atoms with E-state index in [1.54, 1.807) is 0 Å². The van der Waals surface area contributed by atoms with Crippen LogP contribution in [0.3, 0.4) is 0 Å². The molecule has 0 aliphatic rings. The minimum atomic E-state index is 1.12. The molecular weight excluding hydrogens is 569 g/mol. The molecule has 0 aliphatic heterocycles. The highest BCUT2D eigenvalue weighted by Crippen LogP contribution is 2.45. The van der Waals surface area contributed by atoms with Crippen LogP contribution in [0.25, 0.3) is 93.2 Å². The number of aromatic nitrogens is 2. The first kappa shape index (κ1) is 26.0. The lowest BCUT2D eigenvalue weighted by Gasteiger charge is -2.17. The normalized spacial score (nSPS) is 11.8. The Labute approximate surface area is 272 Å². The number of para-hydroxylation sites is 1. The maximum absolute atomic E-state index is 4.55. The van der Waals surface area contributed by atoms with E-state index in [0.717, 1.165) is 11.2 Å². The zero-order chi connectivity index (χ0) is 30.9. The van der Waals surface area contributed by atoms with Gasteiger partial charge in [-0.3, -0.25) is 4.98 Å². The van der Waals surface area contributed by atoms with Crippen molar-refractivity contribution in [3.05, 3.63) is 170 Å². The van der Waals surface area contributed by atoms with E-state index >= 15 is 0 Å². The van der Waals surface area contributed by atoms with Crippen molar-refractivity contribution < 1.29 is 0 Å². The molecule has 0 saturated carbocycles. The van der Waals surface area contributed by atoms with Gasteiger partial charge in [0.05, 0.1) is 17.2 Å². The van der Waals surface area contributed by atoms with Gasteiger partial charge in [0, 0.05) is 22.7 Å². The van der Waals surface area contributed by atoms with Crippen LogP contribution in [-0.4, -0.2) is 9.55 Å². The van der Waals surface area contributed by atoms with Crippen molar-refractivity contribution in [1.82, 2.24) is 9.55 Å². The molecule has 0 spiro atoms. The molecule has 8 aromatic carbocycles. The molecule has 0 fully saturated rings. The highest BCUT2D eigenvalue weighted by molar-refractivity contribution is 6.34. The third-order valence-electron chi connectivity index (χ3n) is 9.79. The van der Waals surface area contributed by atoms with Gasteiger partial charge in [-0.2, -0.15) is 0 Å². The van der Waals surface area contributed by atoms with Gasteiger partial charge in [0.15, 0.2) is 0 Å². The number of hydrogen-bond donors (Lipinski definition) is 0. The number of nitrogens with zero attached hydrogens (tertiary/aromatic N) is 2. The van der Waals surface area contributed by atoms with Gasteiger partial charge in [-0.25, -0.2) is 0 Å². The molecule has 2 nitrogen and oxygen atoms in total. The molecule has 2 aromatic heterocycles. The maximum Gasteiger partial charge on any atom is 0.0724 e. The van der Waals surface area contributed by atoms with Crippen LogP contribution < -0.4 is 0 Å². The fraction of sp³-hybridized carbons (Fsp3) is 0. The van der Waals surface area contributed by atoms with Crippen LogP contribution in [0.15, 0.2) is 170 Å². The van der Waals surface area contributed by atoms with Crippen molar-refractivity contribution in [2.45, 2.75) is 0 Å². The van der Waals surface area contributed by atoms with Crippen LogP contribution in [0.5, 0.6) is 0 Å². The SMILES string of the molecule is c1ccc(-c2cc(-c3ccccc3)cc(-c3ccc4ccc5c6c(ccc3c46)cc3c5c4ccncc4n3-c3ccccc3)c2)cc1. The summed E-state index contributed by atoms with van der Waals surface area (Å²) in [6.07, 6.45) is 3.91. The Morgan fingerprint density at radius 2 is 0.979 bits per heavy atom. The highest BCUT2D eigenvalue weighted by atomic mass is 15.0. The van der Waals surface area contributed by atoms with E-state index < -0.39 is 0 Å². The van der Waals surface area contributed by atoms with Crippen LogP contribution in [0, 0.1) is 0 Å². The quantitative estimate of drug-likeness (QED) is 0.185. The van der Waals surface area contributed by atoms with Crippen LogP contribution in [0.2, 0.25) is 0 Å². The van der Waals surface area contributed by atoms with E-state index in [1.165, 1.54) is 82.0 Å². The second-order valence-corrected chi connectivity index (χ2v) is 12.4. The number of hydrogen-bond acceptors (Lipinski definition) is 1. The molecule has 10 rings (SSSR count). The molecule has 218 valence electrons. The summed E-state index contributed by atoms with van der Waals surface area (Å²) in [5.74, 6) is 0. The third kappa shape index (κ3) is 3.95.